The largest absolute Gasteiger partial charge is 0.489 e. The Balaban J connectivity index is 1.68. The van der Waals surface area contributed by atoms with E-state index in [0.29, 0.717) is 6.61 Å². The summed E-state index contributed by atoms with van der Waals surface area (Å²) in [5, 5.41) is 4.28. The van der Waals surface area contributed by atoms with Gasteiger partial charge in [-0.05, 0) is 60.9 Å². The van der Waals surface area contributed by atoms with Crippen LogP contribution in [-0.2, 0) is 6.61 Å². The molecular weight excluding hydrogens is 312 g/mol. The van der Waals surface area contributed by atoms with Crippen molar-refractivity contribution in [2.75, 3.05) is 0 Å². The summed E-state index contributed by atoms with van der Waals surface area (Å²) in [6, 6.07) is 21.2. The summed E-state index contributed by atoms with van der Waals surface area (Å²) < 4.78 is 7.16. The Kier molecular flexibility index (Phi) is 5.09. The second-order valence-corrected chi connectivity index (χ2v) is 5.91. The number of ether oxygens (including phenoxy) is 1. The van der Waals surface area contributed by atoms with Crippen LogP contribution in [0.15, 0.2) is 76.6 Å². The van der Waals surface area contributed by atoms with Crippen LogP contribution in [0.5, 0.6) is 5.75 Å². The standard InChI is InChI=1S/C21H20N2O2/c1-16-12-17(2)23(21(24)13-16)22-14-18-8-10-20(11-9-18)25-15-19-6-4-3-5-7-19/h3-14H,15H2,1-2H3. The maximum absolute atomic E-state index is 12.0. The maximum Gasteiger partial charge on any atom is 0.271 e. The van der Waals surface area contributed by atoms with Crippen LogP contribution < -0.4 is 10.3 Å². The zero-order valence-electron chi connectivity index (χ0n) is 14.3. The van der Waals surface area contributed by atoms with E-state index < -0.39 is 0 Å². The van der Waals surface area contributed by atoms with E-state index in [-0.39, 0.29) is 5.56 Å². The first-order valence-corrected chi connectivity index (χ1v) is 8.13. The van der Waals surface area contributed by atoms with Crippen molar-refractivity contribution in [1.29, 1.82) is 0 Å². The molecule has 0 fully saturated rings. The van der Waals surface area contributed by atoms with E-state index in [9.17, 15) is 4.79 Å². The van der Waals surface area contributed by atoms with Gasteiger partial charge in [0.25, 0.3) is 5.56 Å². The number of benzene rings is 2. The molecule has 4 nitrogen and oxygen atoms in total. The van der Waals surface area contributed by atoms with Crippen LogP contribution >= 0.6 is 0 Å². The smallest absolute Gasteiger partial charge is 0.271 e. The van der Waals surface area contributed by atoms with Crippen molar-refractivity contribution in [2.24, 2.45) is 5.10 Å². The maximum atomic E-state index is 12.0. The Labute approximate surface area is 147 Å². The average Bonchev–Trinajstić information content (AvgIpc) is 2.61. The summed E-state index contributed by atoms with van der Waals surface area (Å²) in [6.07, 6.45) is 1.67. The van der Waals surface area contributed by atoms with Gasteiger partial charge in [0.15, 0.2) is 0 Å². The van der Waals surface area contributed by atoms with Crippen molar-refractivity contribution >= 4 is 6.21 Å². The van der Waals surface area contributed by atoms with Crippen molar-refractivity contribution in [1.82, 2.24) is 4.68 Å². The van der Waals surface area contributed by atoms with Crippen LogP contribution in [0, 0.1) is 13.8 Å². The van der Waals surface area contributed by atoms with Crippen molar-refractivity contribution in [3.63, 3.8) is 0 Å². The van der Waals surface area contributed by atoms with Gasteiger partial charge in [-0.2, -0.15) is 5.10 Å². The van der Waals surface area contributed by atoms with Crippen molar-refractivity contribution in [3.05, 3.63) is 99.5 Å². The zero-order chi connectivity index (χ0) is 17.6. The SMILES string of the molecule is Cc1cc(C)n(N=Cc2ccc(OCc3ccccc3)cc2)c(=O)c1. The lowest BCUT2D eigenvalue weighted by Crippen LogP contribution is -2.18. The monoisotopic (exact) mass is 332 g/mol. The Bertz CT molecular complexity index is 926. The molecule has 3 rings (SSSR count). The highest BCUT2D eigenvalue weighted by molar-refractivity contribution is 5.79. The van der Waals surface area contributed by atoms with Gasteiger partial charge in [0.2, 0.25) is 0 Å². The molecule has 1 aromatic heterocycles. The number of nitrogens with zero attached hydrogens (tertiary/aromatic N) is 2. The molecule has 1 heterocycles. The summed E-state index contributed by atoms with van der Waals surface area (Å²) in [5.41, 5.74) is 3.65. The van der Waals surface area contributed by atoms with Crippen LogP contribution in [0.3, 0.4) is 0 Å². The fourth-order valence-electron chi connectivity index (χ4n) is 2.53. The molecular formula is C21H20N2O2. The Morgan fingerprint density at radius 1 is 1.00 bits per heavy atom. The summed E-state index contributed by atoms with van der Waals surface area (Å²) >= 11 is 0. The van der Waals surface area contributed by atoms with Gasteiger partial charge >= 0.3 is 0 Å². The third-order valence-corrected chi connectivity index (χ3v) is 3.78. The molecule has 0 aliphatic carbocycles. The van der Waals surface area contributed by atoms with Gasteiger partial charge in [-0.25, -0.2) is 4.68 Å². The molecule has 0 aliphatic heterocycles. The second-order valence-electron chi connectivity index (χ2n) is 5.91. The molecule has 0 amide bonds. The van der Waals surface area contributed by atoms with Gasteiger partial charge in [-0.3, -0.25) is 4.79 Å². The van der Waals surface area contributed by atoms with Gasteiger partial charge in [-0.15, -0.1) is 0 Å². The minimum Gasteiger partial charge on any atom is -0.489 e. The lowest BCUT2D eigenvalue weighted by Gasteiger charge is -2.06. The first kappa shape index (κ1) is 16.7. The topological polar surface area (TPSA) is 43.6 Å². The van der Waals surface area contributed by atoms with E-state index in [1.165, 1.54) is 4.68 Å². The fourth-order valence-corrected chi connectivity index (χ4v) is 2.53. The molecule has 0 atom stereocenters. The number of pyridine rings is 1. The van der Waals surface area contributed by atoms with Gasteiger partial charge < -0.3 is 4.74 Å². The van der Waals surface area contributed by atoms with Crippen LogP contribution in [0.2, 0.25) is 0 Å². The highest BCUT2D eigenvalue weighted by Crippen LogP contribution is 2.13. The predicted octanol–water partition coefficient (Wildman–Crippen LogP) is 3.93. The molecule has 0 radical (unpaired) electrons. The highest BCUT2D eigenvalue weighted by Gasteiger charge is 2.00. The minimum atomic E-state index is -0.128. The second kappa shape index (κ2) is 7.62. The van der Waals surface area contributed by atoms with E-state index in [1.807, 2.05) is 74.5 Å². The number of aromatic nitrogens is 1. The van der Waals surface area contributed by atoms with E-state index in [4.69, 9.17) is 4.74 Å². The number of hydrogen-bond acceptors (Lipinski definition) is 3. The minimum absolute atomic E-state index is 0.128. The molecule has 2 aromatic carbocycles. The molecule has 0 spiro atoms. The van der Waals surface area contributed by atoms with Gasteiger partial charge in [0, 0.05) is 11.8 Å². The molecule has 0 saturated heterocycles. The van der Waals surface area contributed by atoms with E-state index in [2.05, 4.69) is 5.10 Å². The van der Waals surface area contributed by atoms with E-state index in [1.54, 1.807) is 12.3 Å². The lowest BCUT2D eigenvalue weighted by atomic mass is 10.2. The molecule has 0 saturated carbocycles. The summed E-state index contributed by atoms with van der Waals surface area (Å²) in [4.78, 5) is 12.0. The first-order chi connectivity index (χ1) is 12.1. The van der Waals surface area contributed by atoms with Crippen LogP contribution in [0.1, 0.15) is 22.4 Å². The Hall–Kier alpha value is -3.14. The molecule has 25 heavy (non-hydrogen) atoms. The Morgan fingerprint density at radius 2 is 1.72 bits per heavy atom. The van der Waals surface area contributed by atoms with Crippen molar-refractivity contribution in [2.45, 2.75) is 20.5 Å². The van der Waals surface area contributed by atoms with Gasteiger partial charge in [-0.1, -0.05) is 30.3 Å². The molecule has 0 bridgehead atoms. The van der Waals surface area contributed by atoms with E-state index in [0.717, 1.165) is 28.1 Å². The average molecular weight is 332 g/mol. The quantitative estimate of drug-likeness (QED) is 0.665. The van der Waals surface area contributed by atoms with Crippen LogP contribution in [-0.4, -0.2) is 10.9 Å². The number of aryl methyl sites for hydroxylation is 2. The molecule has 4 heteroatoms. The summed E-state index contributed by atoms with van der Waals surface area (Å²) in [6.45, 7) is 4.30. The number of rotatable bonds is 5. The van der Waals surface area contributed by atoms with Crippen LogP contribution in [0.25, 0.3) is 0 Å². The third kappa shape index (κ3) is 4.44. The molecule has 0 aliphatic rings. The molecule has 126 valence electrons. The summed E-state index contributed by atoms with van der Waals surface area (Å²) in [7, 11) is 0. The van der Waals surface area contributed by atoms with Crippen molar-refractivity contribution < 1.29 is 4.74 Å². The van der Waals surface area contributed by atoms with Gasteiger partial charge in [0.1, 0.15) is 12.4 Å². The molecule has 0 N–H and O–H groups in total. The van der Waals surface area contributed by atoms with E-state index >= 15 is 0 Å². The van der Waals surface area contributed by atoms with Gasteiger partial charge in [0.05, 0.1) is 6.21 Å². The predicted molar refractivity (Wildman–Crippen MR) is 100 cm³/mol. The number of hydrogen-bond donors (Lipinski definition) is 0. The lowest BCUT2D eigenvalue weighted by molar-refractivity contribution is 0.306. The molecule has 3 aromatic rings. The Morgan fingerprint density at radius 3 is 2.40 bits per heavy atom. The summed E-state index contributed by atoms with van der Waals surface area (Å²) in [5.74, 6) is 0.796. The fraction of sp³-hybridized carbons (Fsp3) is 0.143. The highest BCUT2D eigenvalue weighted by atomic mass is 16.5. The zero-order valence-corrected chi connectivity index (χ0v) is 14.3. The van der Waals surface area contributed by atoms with Crippen molar-refractivity contribution in [3.8, 4) is 5.75 Å². The van der Waals surface area contributed by atoms with Crippen LogP contribution in [0.4, 0.5) is 0 Å². The third-order valence-electron chi connectivity index (χ3n) is 3.78. The normalized spacial score (nSPS) is 11.0. The molecule has 0 unspecified atom stereocenters. The first-order valence-electron chi connectivity index (χ1n) is 8.13.